The van der Waals surface area contributed by atoms with Crippen LogP contribution in [0.3, 0.4) is 0 Å². The van der Waals surface area contributed by atoms with Gasteiger partial charge in [-0.2, -0.15) is 5.10 Å². The molecule has 0 saturated carbocycles. The van der Waals surface area contributed by atoms with E-state index in [9.17, 15) is 9.59 Å². The van der Waals surface area contributed by atoms with E-state index in [4.69, 9.17) is 23.2 Å². The third-order valence-electron chi connectivity index (χ3n) is 3.86. The minimum absolute atomic E-state index is 0.275. The van der Waals surface area contributed by atoms with Crippen molar-refractivity contribution >= 4 is 62.8 Å². The molecule has 0 atom stereocenters. The number of nitrogens with zero attached hydrogens (tertiary/aromatic N) is 1. The van der Waals surface area contributed by atoms with Crippen LogP contribution in [0.2, 0.25) is 10.0 Å². The number of amides is 2. The van der Waals surface area contributed by atoms with E-state index in [0.717, 1.165) is 4.47 Å². The molecule has 3 aromatic carbocycles. The Kier molecular flexibility index (Phi) is 7.04. The van der Waals surface area contributed by atoms with Crippen molar-refractivity contribution in [3.05, 3.63) is 97.9 Å². The van der Waals surface area contributed by atoms with E-state index in [1.807, 2.05) is 0 Å². The van der Waals surface area contributed by atoms with Crippen LogP contribution in [-0.2, 0) is 0 Å². The topological polar surface area (TPSA) is 70.6 Å². The molecule has 8 heteroatoms. The summed E-state index contributed by atoms with van der Waals surface area (Å²) in [4.78, 5) is 25.0. The second kappa shape index (κ2) is 9.69. The van der Waals surface area contributed by atoms with Crippen molar-refractivity contribution in [3.63, 3.8) is 0 Å². The maximum atomic E-state index is 12.5. The van der Waals surface area contributed by atoms with Crippen molar-refractivity contribution in [2.24, 2.45) is 5.10 Å². The highest BCUT2D eigenvalue weighted by molar-refractivity contribution is 9.10. The summed E-state index contributed by atoms with van der Waals surface area (Å²) < 4.78 is 0.868. The van der Waals surface area contributed by atoms with Gasteiger partial charge in [-0.05, 0) is 48.5 Å². The molecule has 146 valence electrons. The monoisotopic (exact) mass is 489 g/mol. The number of anilines is 1. The first-order chi connectivity index (χ1) is 13.9. The SMILES string of the molecule is O=C(Nc1ccccc1C(=O)N/N=C\c1ccc(Cl)cc1Cl)c1ccc(Br)cc1. The molecule has 5 nitrogen and oxygen atoms in total. The number of hydrogen-bond acceptors (Lipinski definition) is 3. The van der Waals surface area contributed by atoms with Crippen LogP contribution < -0.4 is 10.7 Å². The second-order valence-electron chi connectivity index (χ2n) is 5.87. The van der Waals surface area contributed by atoms with Crippen LogP contribution in [0.1, 0.15) is 26.3 Å². The van der Waals surface area contributed by atoms with Gasteiger partial charge < -0.3 is 5.32 Å². The molecule has 0 unspecified atom stereocenters. The summed E-state index contributed by atoms with van der Waals surface area (Å²) in [5, 5.41) is 7.60. The number of carbonyl (C=O) groups is 2. The lowest BCUT2D eigenvalue weighted by molar-refractivity contribution is 0.0956. The van der Waals surface area contributed by atoms with Gasteiger partial charge in [-0.3, -0.25) is 9.59 Å². The summed E-state index contributed by atoms with van der Waals surface area (Å²) in [6.07, 6.45) is 1.42. The average Bonchev–Trinajstić information content (AvgIpc) is 2.70. The predicted molar refractivity (Wildman–Crippen MR) is 120 cm³/mol. The average molecular weight is 491 g/mol. The normalized spacial score (nSPS) is 10.7. The zero-order valence-electron chi connectivity index (χ0n) is 14.8. The fraction of sp³-hybridized carbons (Fsp3) is 0. The molecule has 0 spiro atoms. The van der Waals surface area contributed by atoms with E-state index >= 15 is 0 Å². The van der Waals surface area contributed by atoms with Crippen molar-refractivity contribution in [3.8, 4) is 0 Å². The molecule has 0 saturated heterocycles. The van der Waals surface area contributed by atoms with E-state index in [1.54, 1.807) is 66.7 Å². The summed E-state index contributed by atoms with van der Waals surface area (Å²) in [7, 11) is 0. The Morgan fingerprint density at radius 3 is 2.38 bits per heavy atom. The largest absolute Gasteiger partial charge is 0.321 e. The van der Waals surface area contributed by atoms with Gasteiger partial charge in [0.05, 0.1) is 22.5 Å². The Bertz CT molecular complexity index is 1090. The third-order valence-corrected chi connectivity index (χ3v) is 4.95. The molecule has 3 aromatic rings. The van der Waals surface area contributed by atoms with Crippen LogP contribution in [0.5, 0.6) is 0 Å². The molecule has 0 aliphatic heterocycles. The van der Waals surface area contributed by atoms with Gasteiger partial charge in [0.2, 0.25) is 0 Å². The predicted octanol–water partition coefficient (Wildman–Crippen LogP) is 5.77. The van der Waals surface area contributed by atoms with Gasteiger partial charge in [-0.15, -0.1) is 0 Å². The standard InChI is InChI=1S/C21H14BrCl2N3O2/c22-15-8-5-13(6-9-15)20(28)26-19-4-2-1-3-17(19)21(29)27-25-12-14-7-10-16(23)11-18(14)24/h1-12H,(H,26,28)(H,27,29)/b25-12-. The number of hydrazone groups is 1. The van der Waals surface area contributed by atoms with Crippen LogP contribution in [0, 0.1) is 0 Å². The molecule has 0 aromatic heterocycles. The molecule has 0 fully saturated rings. The van der Waals surface area contributed by atoms with Crippen molar-refractivity contribution in [2.75, 3.05) is 5.32 Å². The van der Waals surface area contributed by atoms with E-state index in [2.05, 4.69) is 31.8 Å². The Balaban J connectivity index is 1.72. The molecule has 2 N–H and O–H groups in total. The second-order valence-corrected chi connectivity index (χ2v) is 7.63. The van der Waals surface area contributed by atoms with Gasteiger partial charge in [-0.25, -0.2) is 5.43 Å². The minimum atomic E-state index is -0.474. The third kappa shape index (κ3) is 5.67. The van der Waals surface area contributed by atoms with Gasteiger partial charge in [0.25, 0.3) is 11.8 Å². The summed E-state index contributed by atoms with van der Waals surface area (Å²) in [5.74, 6) is -0.799. The number of hydrogen-bond donors (Lipinski definition) is 2. The van der Waals surface area contributed by atoms with Crippen molar-refractivity contribution < 1.29 is 9.59 Å². The van der Waals surface area contributed by atoms with Crippen LogP contribution in [0.15, 0.2) is 76.3 Å². The van der Waals surface area contributed by atoms with Crippen molar-refractivity contribution in [1.29, 1.82) is 0 Å². The first-order valence-electron chi connectivity index (χ1n) is 8.38. The van der Waals surface area contributed by atoms with E-state index in [0.29, 0.717) is 26.9 Å². The molecule has 2 amide bonds. The zero-order chi connectivity index (χ0) is 20.8. The van der Waals surface area contributed by atoms with Crippen LogP contribution in [0.25, 0.3) is 0 Å². The van der Waals surface area contributed by atoms with Crippen molar-refractivity contribution in [2.45, 2.75) is 0 Å². The number of halogens is 3. The molecule has 0 aliphatic rings. The molecule has 0 aliphatic carbocycles. The zero-order valence-corrected chi connectivity index (χ0v) is 17.9. The highest BCUT2D eigenvalue weighted by Gasteiger charge is 2.13. The summed E-state index contributed by atoms with van der Waals surface area (Å²) >= 11 is 15.3. The van der Waals surface area contributed by atoms with Gasteiger partial charge in [0, 0.05) is 20.6 Å². The molecular formula is C21H14BrCl2N3O2. The van der Waals surface area contributed by atoms with Crippen LogP contribution in [0.4, 0.5) is 5.69 Å². The number of rotatable bonds is 5. The molecule has 29 heavy (non-hydrogen) atoms. The van der Waals surface area contributed by atoms with E-state index in [1.165, 1.54) is 6.21 Å². The maximum Gasteiger partial charge on any atom is 0.273 e. The number of carbonyl (C=O) groups excluding carboxylic acids is 2. The lowest BCUT2D eigenvalue weighted by atomic mass is 10.1. The number of para-hydroxylation sites is 1. The smallest absolute Gasteiger partial charge is 0.273 e. The summed E-state index contributed by atoms with van der Waals surface area (Å²) in [5.41, 5.74) is 4.16. The first-order valence-corrected chi connectivity index (χ1v) is 9.93. The Morgan fingerprint density at radius 2 is 1.66 bits per heavy atom. The van der Waals surface area contributed by atoms with Gasteiger partial charge in [0.1, 0.15) is 0 Å². The maximum absolute atomic E-state index is 12.5. The van der Waals surface area contributed by atoms with Gasteiger partial charge in [-0.1, -0.05) is 57.3 Å². The fourth-order valence-corrected chi connectivity index (χ4v) is 3.13. The number of nitrogens with one attached hydrogen (secondary N) is 2. The molecule has 0 bridgehead atoms. The van der Waals surface area contributed by atoms with E-state index in [-0.39, 0.29) is 11.5 Å². The Morgan fingerprint density at radius 1 is 0.931 bits per heavy atom. The van der Waals surface area contributed by atoms with Crippen molar-refractivity contribution in [1.82, 2.24) is 5.43 Å². The highest BCUT2D eigenvalue weighted by Crippen LogP contribution is 2.20. The fourth-order valence-electron chi connectivity index (χ4n) is 2.41. The summed E-state index contributed by atoms with van der Waals surface area (Å²) in [6.45, 7) is 0. The van der Waals surface area contributed by atoms with Crippen LogP contribution >= 0.6 is 39.1 Å². The number of benzene rings is 3. The Labute approximate surface area is 185 Å². The Hall–Kier alpha value is -2.67. The van der Waals surface area contributed by atoms with E-state index < -0.39 is 5.91 Å². The summed E-state index contributed by atoms with van der Waals surface area (Å²) in [6, 6.07) is 18.5. The quantitative estimate of drug-likeness (QED) is 0.352. The van der Waals surface area contributed by atoms with Gasteiger partial charge >= 0.3 is 0 Å². The minimum Gasteiger partial charge on any atom is -0.321 e. The lowest BCUT2D eigenvalue weighted by Gasteiger charge is -2.10. The molecular weight excluding hydrogens is 477 g/mol. The first kappa shape index (κ1) is 21.0. The lowest BCUT2D eigenvalue weighted by Crippen LogP contribution is -2.21. The molecule has 3 rings (SSSR count). The van der Waals surface area contributed by atoms with Gasteiger partial charge in [0.15, 0.2) is 0 Å². The molecule has 0 heterocycles. The van der Waals surface area contributed by atoms with Crippen LogP contribution in [-0.4, -0.2) is 18.0 Å². The molecule has 0 radical (unpaired) electrons. The highest BCUT2D eigenvalue weighted by atomic mass is 79.9.